The van der Waals surface area contributed by atoms with Gasteiger partial charge in [-0.3, -0.25) is 10.1 Å². The molecule has 0 saturated heterocycles. The molecule has 98 valence electrons. The molecule has 0 amide bonds. The number of non-ortho nitro benzene ring substituents is 1. The van der Waals surface area contributed by atoms with Gasteiger partial charge in [-0.2, -0.15) is 0 Å². The Hall–Kier alpha value is -1.66. The molecular formula is C12H16N2O4. The normalized spacial score (nSPS) is 22.3. The molecule has 1 aliphatic carbocycles. The second kappa shape index (κ2) is 5.32. The molecule has 0 bridgehead atoms. The van der Waals surface area contributed by atoms with Crippen molar-refractivity contribution >= 4 is 5.69 Å². The molecule has 0 atom stereocenters. The van der Waals surface area contributed by atoms with Gasteiger partial charge in [0.15, 0.2) is 0 Å². The number of hydrogen-bond donors (Lipinski definition) is 1. The Balaban J connectivity index is 2.02. The second-order valence-corrected chi connectivity index (χ2v) is 4.46. The molecule has 1 aromatic carbocycles. The summed E-state index contributed by atoms with van der Waals surface area (Å²) in [5.41, 5.74) is 6.41. The largest absolute Gasteiger partial charge is 0.496 e. The summed E-state index contributed by atoms with van der Waals surface area (Å²) in [5, 5.41) is 10.8. The van der Waals surface area contributed by atoms with Crippen LogP contribution < -0.4 is 10.5 Å². The molecule has 1 fully saturated rings. The highest BCUT2D eigenvalue weighted by Gasteiger charge is 2.26. The molecule has 2 rings (SSSR count). The number of nitro benzene ring substituents is 1. The van der Waals surface area contributed by atoms with Crippen LogP contribution in [0.15, 0.2) is 18.2 Å². The van der Waals surface area contributed by atoms with Crippen molar-refractivity contribution in [3.8, 4) is 5.75 Å². The Morgan fingerprint density at radius 1 is 1.44 bits per heavy atom. The summed E-state index contributed by atoms with van der Waals surface area (Å²) in [6.45, 7) is 0.343. The number of rotatable bonds is 5. The van der Waals surface area contributed by atoms with E-state index in [9.17, 15) is 10.1 Å². The first kappa shape index (κ1) is 12.8. The van der Waals surface area contributed by atoms with E-state index in [4.69, 9.17) is 15.2 Å². The molecule has 1 saturated carbocycles. The van der Waals surface area contributed by atoms with E-state index < -0.39 is 4.92 Å². The van der Waals surface area contributed by atoms with Crippen LogP contribution in [-0.4, -0.2) is 24.2 Å². The van der Waals surface area contributed by atoms with E-state index in [2.05, 4.69) is 0 Å². The van der Waals surface area contributed by atoms with Crippen molar-refractivity contribution in [3.05, 3.63) is 33.9 Å². The topological polar surface area (TPSA) is 87.6 Å². The molecule has 0 aliphatic heterocycles. The molecule has 6 heteroatoms. The highest BCUT2D eigenvalue weighted by Crippen LogP contribution is 2.26. The zero-order chi connectivity index (χ0) is 13.1. The van der Waals surface area contributed by atoms with Gasteiger partial charge in [-0.15, -0.1) is 0 Å². The number of benzene rings is 1. The zero-order valence-corrected chi connectivity index (χ0v) is 10.2. The summed E-state index contributed by atoms with van der Waals surface area (Å²) in [7, 11) is 1.48. The van der Waals surface area contributed by atoms with Gasteiger partial charge in [0, 0.05) is 12.1 Å². The Bertz CT molecular complexity index is 444. The fourth-order valence-corrected chi connectivity index (χ4v) is 1.91. The van der Waals surface area contributed by atoms with Gasteiger partial charge < -0.3 is 15.2 Å². The number of nitrogens with zero attached hydrogens (tertiary/aromatic N) is 1. The first-order chi connectivity index (χ1) is 8.58. The fraction of sp³-hybridized carbons (Fsp3) is 0.500. The first-order valence-corrected chi connectivity index (χ1v) is 5.78. The molecule has 0 unspecified atom stereocenters. The minimum Gasteiger partial charge on any atom is -0.496 e. The summed E-state index contributed by atoms with van der Waals surface area (Å²) in [6.07, 6.45) is 1.88. The van der Waals surface area contributed by atoms with Gasteiger partial charge in [-0.25, -0.2) is 0 Å². The average Bonchev–Trinajstić information content (AvgIpc) is 2.32. The molecule has 0 aromatic heterocycles. The van der Waals surface area contributed by atoms with E-state index in [1.54, 1.807) is 6.07 Å². The number of ether oxygens (including phenoxy) is 2. The van der Waals surface area contributed by atoms with Crippen molar-refractivity contribution in [1.82, 2.24) is 0 Å². The summed E-state index contributed by atoms with van der Waals surface area (Å²) >= 11 is 0. The van der Waals surface area contributed by atoms with Gasteiger partial charge in [0.05, 0.1) is 30.8 Å². The smallest absolute Gasteiger partial charge is 0.273 e. The standard InChI is InChI=1S/C12H16N2O4/c1-17-11-3-8(2-10(6-11)14(15)16)7-18-12-4-9(13)5-12/h2-3,6,9,12H,4-5,7,13H2,1H3. The number of nitro groups is 1. The molecule has 0 spiro atoms. The fourth-order valence-electron chi connectivity index (χ4n) is 1.91. The highest BCUT2D eigenvalue weighted by molar-refractivity contribution is 5.42. The van der Waals surface area contributed by atoms with E-state index >= 15 is 0 Å². The van der Waals surface area contributed by atoms with E-state index in [0.29, 0.717) is 12.4 Å². The Labute approximate surface area is 105 Å². The Kier molecular flexibility index (Phi) is 3.78. The van der Waals surface area contributed by atoms with E-state index in [1.165, 1.54) is 19.2 Å². The molecule has 18 heavy (non-hydrogen) atoms. The lowest BCUT2D eigenvalue weighted by Crippen LogP contribution is -2.41. The van der Waals surface area contributed by atoms with Crippen LogP contribution in [0.2, 0.25) is 0 Å². The lowest BCUT2D eigenvalue weighted by atomic mass is 9.90. The third-order valence-electron chi connectivity index (χ3n) is 3.01. The van der Waals surface area contributed by atoms with Crippen molar-refractivity contribution in [2.24, 2.45) is 5.73 Å². The Morgan fingerprint density at radius 2 is 2.17 bits per heavy atom. The lowest BCUT2D eigenvalue weighted by molar-refractivity contribution is -0.385. The minimum atomic E-state index is -0.439. The van der Waals surface area contributed by atoms with Gasteiger partial charge in [0.25, 0.3) is 5.69 Å². The zero-order valence-electron chi connectivity index (χ0n) is 10.2. The average molecular weight is 252 g/mol. The second-order valence-electron chi connectivity index (χ2n) is 4.46. The SMILES string of the molecule is COc1cc(COC2CC(N)C2)cc([N+](=O)[O-])c1. The minimum absolute atomic E-state index is 0.0123. The van der Waals surface area contributed by atoms with Crippen LogP contribution in [0.4, 0.5) is 5.69 Å². The maximum atomic E-state index is 10.8. The highest BCUT2D eigenvalue weighted by atomic mass is 16.6. The summed E-state index contributed by atoms with van der Waals surface area (Å²) in [4.78, 5) is 10.3. The van der Waals surface area contributed by atoms with Gasteiger partial charge in [0.2, 0.25) is 0 Å². The number of nitrogens with two attached hydrogens (primary N) is 1. The lowest BCUT2D eigenvalue weighted by Gasteiger charge is -2.32. The molecule has 1 aromatic rings. The van der Waals surface area contributed by atoms with Crippen LogP contribution >= 0.6 is 0 Å². The third-order valence-corrected chi connectivity index (χ3v) is 3.01. The van der Waals surface area contributed by atoms with Crippen LogP contribution in [0.1, 0.15) is 18.4 Å². The van der Waals surface area contributed by atoms with Crippen LogP contribution in [0.3, 0.4) is 0 Å². The van der Waals surface area contributed by atoms with Crippen LogP contribution in [0.5, 0.6) is 5.75 Å². The van der Waals surface area contributed by atoms with Gasteiger partial charge >= 0.3 is 0 Å². The number of hydrogen-bond acceptors (Lipinski definition) is 5. The van der Waals surface area contributed by atoms with Crippen molar-refractivity contribution in [2.75, 3.05) is 7.11 Å². The molecule has 0 radical (unpaired) electrons. The molecule has 1 aliphatic rings. The van der Waals surface area contributed by atoms with E-state index in [-0.39, 0.29) is 17.8 Å². The van der Waals surface area contributed by atoms with Crippen LogP contribution in [0, 0.1) is 10.1 Å². The van der Waals surface area contributed by atoms with Crippen molar-refractivity contribution in [1.29, 1.82) is 0 Å². The van der Waals surface area contributed by atoms with Crippen molar-refractivity contribution in [3.63, 3.8) is 0 Å². The molecular weight excluding hydrogens is 236 g/mol. The van der Waals surface area contributed by atoms with E-state index in [1.807, 2.05) is 0 Å². The van der Waals surface area contributed by atoms with Gasteiger partial charge in [-0.1, -0.05) is 0 Å². The monoisotopic (exact) mass is 252 g/mol. The molecule has 0 heterocycles. The predicted molar refractivity (Wildman–Crippen MR) is 65.4 cm³/mol. The summed E-state index contributed by atoms with van der Waals surface area (Å²) < 4.78 is 10.6. The van der Waals surface area contributed by atoms with Crippen molar-refractivity contribution < 1.29 is 14.4 Å². The summed E-state index contributed by atoms with van der Waals surface area (Å²) in [6, 6.07) is 4.87. The van der Waals surface area contributed by atoms with Gasteiger partial charge in [-0.05, 0) is 24.5 Å². The predicted octanol–water partition coefficient (Wildman–Crippen LogP) is 1.61. The summed E-state index contributed by atoms with van der Waals surface area (Å²) in [5.74, 6) is 0.466. The maximum Gasteiger partial charge on any atom is 0.273 e. The maximum absolute atomic E-state index is 10.8. The third kappa shape index (κ3) is 2.96. The van der Waals surface area contributed by atoms with Crippen LogP contribution in [-0.2, 0) is 11.3 Å². The molecule has 6 nitrogen and oxygen atoms in total. The quantitative estimate of drug-likeness (QED) is 0.635. The van der Waals surface area contributed by atoms with Crippen LogP contribution in [0.25, 0.3) is 0 Å². The Morgan fingerprint density at radius 3 is 2.72 bits per heavy atom. The number of methoxy groups -OCH3 is 1. The van der Waals surface area contributed by atoms with Crippen molar-refractivity contribution in [2.45, 2.75) is 31.6 Å². The first-order valence-electron chi connectivity index (χ1n) is 5.78. The van der Waals surface area contributed by atoms with Gasteiger partial charge in [0.1, 0.15) is 5.75 Å². The van der Waals surface area contributed by atoms with E-state index in [0.717, 1.165) is 18.4 Å². The molecule has 2 N–H and O–H groups in total.